The van der Waals surface area contributed by atoms with Crippen LogP contribution >= 0.6 is 0 Å². The van der Waals surface area contributed by atoms with Gasteiger partial charge >= 0.3 is 6.09 Å². The minimum absolute atomic E-state index is 0.00411. The van der Waals surface area contributed by atoms with E-state index in [1.807, 2.05) is 13.8 Å². The van der Waals surface area contributed by atoms with Crippen molar-refractivity contribution >= 4 is 6.09 Å². The Balaban J connectivity index is 2.13. The van der Waals surface area contributed by atoms with Gasteiger partial charge in [0, 0.05) is 11.5 Å². The molecule has 1 saturated heterocycles. The number of carbonyl (C=O) groups excluding carboxylic acids is 1. The second-order valence-corrected chi connectivity index (χ2v) is 9.81. The molecule has 1 heterocycles. The standard InChI is InChI=1S/C24H38N2O8/c1-16(2)22(33-18-11-9-17(10-12-18)20(27)14-26(29)30)19(25-23(28)34-24(3,4)5)15-32-21-8-6-7-13-31-21/h9-12,16,19-22,27H,6-8,13-15H2,1-5H3,(H,25,28)/t19-,20?,21?,22+/m1/s1. The Labute approximate surface area is 201 Å². The third-order valence-corrected chi connectivity index (χ3v) is 5.21. The van der Waals surface area contributed by atoms with Gasteiger partial charge in [-0.1, -0.05) is 26.0 Å². The fourth-order valence-corrected chi connectivity index (χ4v) is 3.59. The first-order chi connectivity index (χ1) is 15.9. The molecule has 2 unspecified atom stereocenters. The van der Waals surface area contributed by atoms with Gasteiger partial charge in [-0.2, -0.15) is 0 Å². The Morgan fingerprint density at radius 1 is 1.26 bits per heavy atom. The summed E-state index contributed by atoms with van der Waals surface area (Å²) in [5, 5.41) is 23.5. The van der Waals surface area contributed by atoms with Crippen LogP contribution in [0.15, 0.2) is 24.3 Å². The van der Waals surface area contributed by atoms with Crippen LogP contribution in [0.1, 0.15) is 65.5 Å². The fraction of sp³-hybridized carbons (Fsp3) is 0.708. The number of aliphatic hydroxyl groups excluding tert-OH is 1. The van der Waals surface area contributed by atoms with Crippen molar-refractivity contribution in [1.82, 2.24) is 5.32 Å². The molecule has 1 amide bonds. The summed E-state index contributed by atoms with van der Waals surface area (Å²) in [6.07, 6.45) is 0.253. The molecule has 10 nitrogen and oxygen atoms in total. The predicted molar refractivity (Wildman–Crippen MR) is 125 cm³/mol. The number of hydrogen-bond acceptors (Lipinski definition) is 8. The summed E-state index contributed by atoms with van der Waals surface area (Å²) in [5.41, 5.74) is -0.234. The van der Waals surface area contributed by atoms with E-state index in [2.05, 4.69) is 5.32 Å². The summed E-state index contributed by atoms with van der Waals surface area (Å²) >= 11 is 0. The molecule has 0 aromatic heterocycles. The van der Waals surface area contributed by atoms with Gasteiger partial charge in [-0.3, -0.25) is 10.1 Å². The molecule has 0 radical (unpaired) electrons. The van der Waals surface area contributed by atoms with E-state index in [1.54, 1.807) is 45.0 Å². The first-order valence-electron chi connectivity index (χ1n) is 11.7. The van der Waals surface area contributed by atoms with E-state index in [4.69, 9.17) is 18.9 Å². The van der Waals surface area contributed by atoms with Gasteiger partial charge in [0.2, 0.25) is 6.54 Å². The number of benzene rings is 1. The van der Waals surface area contributed by atoms with Gasteiger partial charge in [0.15, 0.2) is 6.29 Å². The van der Waals surface area contributed by atoms with Crippen LogP contribution in [0.2, 0.25) is 0 Å². The van der Waals surface area contributed by atoms with Crippen LogP contribution in [-0.4, -0.2) is 59.9 Å². The molecule has 0 saturated carbocycles. The van der Waals surface area contributed by atoms with Crippen molar-refractivity contribution in [2.75, 3.05) is 19.8 Å². The van der Waals surface area contributed by atoms with Gasteiger partial charge in [0.25, 0.3) is 0 Å². The molecule has 1 aromatic rings. The number of rotatable bonds is 11. The van der Waals surface area contributed by atoms with Gasteiger partial charge in [-0.05, 0) is 63.6 Å². The van der Waals surface area contributed by atoms with Gasteiger partial charge in [0.05, 0.1) is 12.6 Å². The lowest BCUT2D eigenvalue weighted by Crippen LogP contribution is -2.52. The highest BCUT2D eigenvalue weighted by atomic mass is 16.7. The zero-order valence-corrected chi connectivity index (χ0v) is 20.7. The molecule has 1 aromatic carbocycles. The van der Waals surface area contributed by atoms with Crippen LogP contribution in [-0.2, 0) is 14.2 Å². The highest BCUT2D eigenvalue weighted by Gasteiger charge is 2.31. The summed E-state index contributed by atoms with van der Waals surface area (Å²) in [6.45, 7) is 9.57. The van der Waals surface area contributed by atoms with Crippen LogP contribution < -0.4 is 10.1 Å². The lowest BCUT2D eigenvalue weighted by molar-refractivity contribution is -0.491. The average Bonchev–Trinajstić information content (AvgIpc) is 2.74. The molecular weight excluding hydrogens is 444 g/mol. The van der Waals surface area contributed by atoms with Gasteiger partial charge in [-0.15, -0.1) is 0 Å². The van der Waals surface area contributed by atoms with Crippen molar-refractivity contribution in [3.05, 3.63) is 39.9 Å². The van der Waals surface area contributed by atoms with Crippen LogP contribution in [0.4, 0.5) is 4.79 Å². The summed E-state index contributed by atoms with van der Waals surface area (Å²) in [7, 11) is 0. The lowest BCUT2D eigenvalue weighted by Gasteiger charge is -2.33. The van der Waals surface area contributed by atoms with Crippen LogP contribution in [0, 0.1) is 16.0 Å². The van der Waals surface area contributed by atoms with E-state index >= 15 is 0 Å². The van der Waals surface area contributed by atoms with E-state index in [0.717, 1.165) is 19.3 Å². The highest BCUT2D eigenvalue weighted by Crippen LogP contribution is 2.23. The molecular formula is C24H38N2O8. The summed E-state index contributed by atoms with van der Waals surface area (Å²) in [4.78, 5) is 22.6. The fourth-order valence-electron chi connectivity index (χ4n) is 3.59. The lowest BCUT2D eigenvalue weighted by atomic mass is 9.99. The van der Waals surface area contributed by atoms with E-state index in [0.29, 0.717) is 17.9 Å². The van der Waals surface area contributed by atoms with Crippen molar-refractivity contribution in [2.45, 2.75) is 84.0 Å². The molecule has 0 spiro atoms. The first-order valence-corrected chi connectivity index (χ1v) is 11.7. The smallest absolute Gasteiger partial charge is 0.408 e. The van der Waals surface area contributed by atoms with Crippen molar-refractivity contribution in [3.8, 4) is 5.75 Å². The summed E-state index contributed by atoms with van der Waals surface area (Å²) in [6, 6.07) is 5.93. The normalized spacial score (nSPS) is 19.2. The Bertz CT molecular complexity index is 772. The van der Waals surface area contributed by atoms with Gasteiger partial charge in [-0.25, -0.2) is 4.79 Å². The van der Waals surface area contributed by atoms with Gasteiger partial charge in [0.1, 0.15) is 23.6 Å². The molecule has 192 valence electrons. The van der Waals surface area contributed by atoms with Crippen LogP contribution in [0.3, 0.4) is 0 Å². The topological polar surface area (TPSA) is 129 Å². The number of nitro groups is 1. The second kappa shape index (κ2) is 12.9. The molecule has 10 heteroatoms. The quantitative estimate of drug-likeness (QED) is 0.359. The number of hydrogen-bond donors (Lipinski definition) is 2. The maximum atomic E-state index is 12.5. The number of carbonyl (C=O) groups is 1. The van der Waals surface area contributed by atoms with E-state index < -0.39 is 41.4 Å². The monoisotopic (exact) mass is 482 g/mol. The average molecular weight is 483 g/mol. The number of alkyl carbamates (subject to hydrolysis) is 1. The minimum atomic E-state index is -1.20. The summed E-state index contributed by atoms with van der Waals surface area (Å²) < 4.78 is 23.3. The zero-order valence-electron chi connectivity index (χ0n) is 20.7. The molecule has 0 bridgehead atoms. The Morgan fingerprint density at radius 2 is 1.94 bits per heavy atom. The molecule has 2 rings (SSSR count). The summed E-state index contributed by atoms with van der Waals surface area (Å²) in [5.74, 6) is 0.497. The van der Waals surface area contributed by atoms with E-state index in [9.17, 15) is 20.0 Å². The maximum absolute atomic E-state index is 12.5. The van der Waals surface area contributed by atoms with Gasteiger partial charge < -0.3 is 29.4 Å². The third-order valence-electron chi connectivity index (χ3n) is 5.21. The largest absolute Gasteiger partial charge is 0.488 e. The Morgan fingerprint density at radius 3 is 2.47 bits per heavy atom. The molecule has 1 aliphatic heterocycles. The van der Waals surface area contributed by atoms with E-state index in [-0.39, 0.29) is 18.8 Å². The first kappa shape index (κ1) is 27.8. The Hall–Kier alpha value is -2.43. The van der Waals surface area contributed by atoms with Crippen molar-refractivity contribution < 1.29 is 33.8 Å². The van der Waals surface area contributed by atoms with Crippen LogP contribution in [0.5, 0.6) is 5.75 Å². The number of nitrogens with one attached hydrogen (secondary N) is 1. The van der Waals surface area contributed by atoms with Crippen molar-refractivity contribution in [3.63, 3.8) is 0 Å². The number of nitrogens with zero attached hydrogens (tertiary/aromatic N) is 1. The molecule has 1 aliphatic rings. The molecule has 2 N–H and O–H groups in total. The van der Waals surface area contributed by atoms with Crippen molar-refractivity contribution in [1.29, 1.82) is 0 Å². The second-order valence-electron chi connectivity index (χ2n) is 9.81. The van der Waals surface area contributed by atoms with Crippen LogP contribution in [0.25, 0.3) is 0 Å². The number of ether oxygens (including phenoxy) is 4. The minimum Gasteiger partial charge on any atom is -0.488 e. The predicted octanol–water partition coefficient (Wildman–Crippen LogP) is 3.84. The highest BCUT2D eigenvalue weighted by molar-refractivity contribution is 5.68. The number of amides is 1. The zero-order chi connectivity index (χ0) is 25.3. The van der Waals surface area contributed by atoms with E-state index in [1.165, 1.54) is 0 Å². The maximum Gasteiger partial charge on any atom is 0.408 e. The molecule has 1 fully saturated rings. The number of aliphatic hydroxyl groups is 1. The molecule has 0 aliphatic carbocycles. The SMILES string of the molecule is CC(C)[C@H](Oc1ccc(C(O)C[N+](=O)[O-])cc1)[C@@H](COC1CCCCO1)NC(=O)OC(C)(C)C. The third kappa shape index (κ3) is 9.82. The molecule has 4 atom stereocenters. The molecule has 34 heavy (non-hydrogen) atoms. The Kier molecular flexibility index (Phi) is 10.5. The van der Waals surface area contributed by atoms with Crippen molar-refractivity contribution in [2.24, 2.45) is 5.92 Å².